The number of nitrogens with zero attached hydrogens (tertiary/aromatic N) is 1. The molecule has 1 aromatic carbocycles. The zero-order valence-electron chi connectivity index (χ0n) is 11.9. The normalized spacial score (nSPS) is 13.0. The van der Waals surface area contributed by atoms with Gasteiger partial charge in [-0.3, -0.25) is 4.79 Å². The molecule has 0 aliphatic rings. The van der Waals surface area contributed by atoms with E-state index in [1.165, 1.54) is 0 Å². The van der Waals surface area contributed by atoms with Crippen LogP contribution in [0.3, 0.4) is 0 Å². The van der Waals surface area contributed by atoms with E-state index in [-0.39, 0.29) is 11.3 Å². The lowest BCUT2D eigenvalue weighted by Gasteiger charge is -2.25. The fourth-order valence-electron chi connectivity index (χ4n) is 1.68. The van der Waals surface area contributed by atoms with Crippen LogP contribution in [-0.4, -0.2) is 16.9 Å². The lowest BCUT2D eigenvalue weighted by Crippen LogP contribution is -2.45. The van der Waals surface area contributed by atoms with Crippen LogP contribution < -0.4 is 11.1 Å². The quantitative estimate of drug-likeness (QED) is 0.912. The van der Waals surface area contributed by atoms with Gasteiger partial charge in [-0.15, -0.1) is 11.3 Å². The third-order valence-electron chi connectivity index (χ3n) is 3.05. The van der Waals surface area contributed by atoms with Gasteiger partial charge >= 0.3 is 0 Å². The Labute approximate surface area is 123 Å². The molecule has 3 N–H and O–H groups in total. The summed E-state index contributed by atoms with van der Waals surface area (Å²) in [5, 5.41) is 5.74. The first-order chi connectivity index (χ1) is 9.38. The van der Waals surface area contributed by atoms with Gasteiger partial charge in [-0.2, -0.15) is 0 Å². The molecular formula is C15H19N3OS. The van der Waals surface area contributed by atoms with Gasteiger partial charge in [0.2, 0.25) is 5.91 Å². The summed E-state index contributed by atoms with van der Waals surface area (Å²) in [4.78, 5) is 16.3. The summed E-state index contributed by atoms with van der Waals surface area (Å²) in [5.74, 6) is -0.167. The van der Waals surface area contributed by atoms with Crippen LogP contribution in [0.25, 0.3) is 10.6 Å². The van der Waals surface area contributed by atoms with Crippen LogP contribution in [0.5, 0.6) is 0 Å². The first kappa shape index (κ1) is 14.7. The standard InChI is InChI=1S/C15H19N3OS/c1-15(2,3)12(16)13(19)18-11-6-4-10(5-7-11)14-17-8-9-20-14/h4-9,12H,16H2,1-3H3,(H,18,19)/t12-/m1/s1. The van der Waals surface area contributed by atoms with Crippen molar-refractivity contribution in [1.82, 2.24) is 4.98 Å². The lowest BCUT2D eigenvalue weighted by molar-refractivity contribution is -0.119. The second kappa shape index (κ2) is 5.73. The summed E-state index contributed by atoms with van der Waals surface area (Å²) in [7, 11) is 0. The summed E-state index contributed by atoms with van der Waals surface area (Å²) in [6, 6.07) is 7.07. The number of hydrogen-bond acceptors (Lipinski definition) is 4. The fraction of sp³-hybridized carbons (Fsp3) is 0.333. The topological polar surface area (TPSA) is 68.0 Å². The molecule has 0 radical (unpaired) electrons. The summed E-state index contributed by atoms with van der Waals surface area (Å²) in [6.45, 7) is 5.84. The van der Waals surface area contributed by atoms with E-state index in [0.717, 1.165) is 16.3 Å². The number of rotatable bonds is 3. The van der Waals surface area contributed by atoms with Crippen LogP contribution in [0.2, 0.25) is 0 Å². The Hall–Kier alpha value is -1.72. The second-order valence-corrected chi connectivity index (χ2v) is 6.64. The number of carbonyl (C=O) groups is 1. The fourth-order valence-corrected chi connectivity index (χ4v) is 2.32. The van der Waals surface area contributed by atoms with E-state index >= 15 is 0 Å². The van der Waals surface area contributed by atoms with Gasteiger partial charge < -0.3 is 11.1 Å². The molecule has 0 bridgehead atoms. The predicted octanol–water partition coefficient (Wildman–Crippen LogP) is 3.12. The Morgan fingerprint density at radius 3 is 2.45 bits per heavy atom. The van der Waals surface area contributed by atoms with Crippen molar-refractivity contribution in [1.29, 1.82) is 0 Å². The average molecular weight is 289 g/mol. The van der Waals surface area contributed by atoms with Gasteiger partial charge in [0.1, 0.15) is 5.01 Å². The molecule has 2 aromatic rings. The van der Waals surface area contributed by atoms with Gasteiger partial charge in [-0.05, 0) is 29.7 Å². The highest BCUT2D eigenvalue weighted by Gasteiger charge is 2.27. The van der Waals surface area contributed by atoms with Crippen molar-refractivity contribution in [2.24, 2.45) is 11.1 Å². The molecule has 0 aliphatic carbocycles. The molecule has 106 valence electrons. The Balaban J connectivity index is 2.06. The first-order valence-electron chi connectivity index (χ1n) is 6.44. The van der Waals surface area contributed by atoms with Crippen LogP contribution in [0.1, 0.15) is 20.8 Å². The van der Waals surface area contributed by atoms with Crippen molar-refractivity contribution >= 4 is 22.9 Å². The number of nitrogens with one attached hydrogen (secondary N) is 1. The van der Waals surface area contributed by atoms with E-state index in [1.54, 1.807) is 17.5 Å². The Morgan fingerprint density at radius 1 is 1.30 bits per heavy atom. The molecule has 20 heavy (non-hydrogen) atoms. The van der Waals surface area contributed by atoms with Crippen LogP contribution in [0.4, 0.5) is 5.69 Å². The summed E-state index contributed by atoms with van der Waals surface area (Å²) >= 11 is 1.59. The van der Waals surface area contributed by atoms with Gasteiger partial charge in [-0.1, -0.05) is 20.8 Å². The minimum Gasteiger partial charge on any atom is -0.325 e. The molecule has 5 heteroatoms. The lowest BCUT2D eigenvalue weighted by atomic mass is 9.87. The SMILES string of the molecule is CC(C)(C)[C@H](N)C(=O)Nc1ccc(-c2nccs2)cc1. The maximum absolute atomic E-state index is 12.0. The van der Waals surface area contributed by atoms with Crippen molar-refractivity contribution in [3.8, 4) is 10.6 Å². The molecule has 1 amide bonds. The number of aromatic nitrogens is 1. The minimum atomic E-state index is -0.541. The van der Waals surface area contributed by atoms with Crippen LogP contribution >= 0.6 is 11.3 Å². The van der Waals surface area contributed by atoms with E-state index in [9.17, 15) is 4.79 Å². The van der Waals surface area contributed by atoms with Gasteiger partial charge in [0.25, 0.3) is 0 Å². The summed E-state index contributed by atoms with van der Waals surface area (Å²) in [6.07, 6.45) is 1.78. The molecule has 0 saturated carbocycles. The number of amides is 1. The van der Waals surface area contributed by atoms with E-state index in [4.69, 9.17) is 5.73 Å². The molecule has 0 saturated heterocycles. The molecule has 1 aromatic heterocycles. The van der Waals surface area contributed by atoms with Crippen LogP contribution in [-0.2, 0) is 4.79 Å². The molecule has 1 atom stereocenters. The highest BCUT2D eigenvalue weighted by Crippen LogP contribution is 2.24. The molecule has 0 unspecified atom stereocenters. The first-order valence-corrected chi connectivity index (χ1v) is 7.32. The van der Waals surface area contributed by atoms with Gasteiger partial charge in [0, 0.05) is 22.8 Å². The number of nitrogens with two attached hydrogens (primary N) is 1. The number of thiazole rings is 1. The van der Waals surface area contributed by atoms with Crippen molar-refractivity contribution in [3.63, 3.8) is 0 Å². The molecule has 1 heterocycles. The van der Waals surface area contributed by atoms with E-state index < -0.39 is 6.04 Å². The highest BCUT2D eigenvalue weighted by atomic mass is 32.1. The van der Waals surface area contributed by atoms with Gasteiger partial charge in [0.15, 0.2) is 0 Å². The van der Waals surface area contributed by atoms with Crippen molar-refractivity contribution in [2.45, 2.75) is 26.8 Å². The summed E-state index contributed by atoms with van der Waals surface area (Å²) < 4.78 is 0. The Bertz CT molecular complexity index is 570. The maximum Gasteiger partial charge on any atom is 0.241 e. The van der Waals surface area contributed by atoms with Crippen molar-refractivity contribution in [3.05, 3.63) is 35.8 Å². The van der Waals surface area contributed by atoms with Crippen molar-refractivity contribution in [2.75, 3.05) is 5.32 Å². The Morgan fingerprint density at radius 2 is 1.95 bits per heavy atom. The number of benzene rings is 1. The molecule has 0 aliphatic heterocycles. The third kappa shape index (κ3) is 3.43. The molecule has 2 rings (SSSR count). The predicted molar refractivity (Wildman–Crippen MR) is 83.6 cm³/mol. The van der Waals surface area contributed by atoms with Gasteiger partial charge in [-0.25, -0.2) is 4.98 Å². The molecular weight excluding hydrogens is 270 g/mol. The smallest absolute Gasteiger partial charge is 0.241 e. The maximum atomic E-state index is 12.0. The number of hydrogen-bond donors (Lipinski definition) is 2. The monoisotopic (exact) mass is 289 g/mol. The van der Waals surface area contributed by atoms with Gasteiger partial charge in [0.05, 0.1) is 6.04 Å². The largest absolute Gasteiger partial charge is 0.325 e. The number of carbonyl (C=O) groups excluding carboxylic acids is 1. The zero-order valence-corrected chi connectivity index (χ0v) is 12.7. The van der Waals surface area contributed by atoms with E-state index in [2.05, 4.69) is 10.3 Å². The van der Waals surface area contributed by atoms with E-state index in [1.807, 2.05) is 50.4 Å². The molecule has 0 spiro atoms. The van der Waals surface area contributed by atoms with Crippen LogP contribution in [0, 0.1) is 5.41 Å². The Kier molecular flexibility index (Phi) is 4.20. The second-order valence-electron chi connectivity index (χ2n) is 5.75. The summed E-state index contributed by atoms with van der Waals surface area (Å²) in [5.41, 5.74) is 7.46. The third-order valence-corrected chi connectivity index (χ3v) is 3.87. The minimum absolute atomic E-state index is 0.167. The highest BCUT2D eigenvalue weighted by molar-refractivity contribution is 7.13. The van der Waals surface area contributed by atoms with E-state index in [0.29, 0.717) is 0 Å². The zero-order chi connectivity index (χ0) is 14.8. The average Bonchev–Trinajstić information content (AvgIpc) is 2.91. The number of anilines is 1. The van der Waals surface area contributed by atoms with Crippen LogP contribution in [0.15, 0.2) is 35.8 Å². The molecule has 0 fully saturated rings. The van der Waals surface area contributed by atoms with Crippen molar-refractivity contribution < 1.29 is 4.79 Å². The molecule has 4 nitrogen and oxygen atoms in total.